The van der Waals surface area contributed by atoms with E-state index >= 15 is 0 Å². The lowest BCUT2D eigenvalue weighted by Crippen LogP contribution is -2.06. The smallest absolute Gasteiger partial charge is 0.163 e. The fraction of sp³-hybridized carbons (Fsp3) is 0.176. The van der Waals surface area contributed by atoms with Gasteiger partial charge in [0.25, 0.3) is 0 Å². The molecule has 0 amide bonds. The van der Waals surface area contributed by atoms with Crippen molar-refractivity contribution in [3.63, 3.8) is 0 Å². The molecule has 0 aromatic heterocycles. The monoisotopic (exact) mass is 265 g/mol. The van der Waals surface area contributed by atoms with Crippen LogP contribution in [0.15, 0.2) is 48.5 Å². The van der Waals surface area contributed by atoms with Crippen molar-refractivity contribution in [2.75, 3.05) is 0 Å². The van der Waals surface area contributed by atoms with Gasteiger partial charge in [0.2, 0.25) is 0 Å². The van der Waals surface area contributed by atoms with E-state index in [0.29, 0.717) is 16.9 Å². The number of nitrogens with zero attached hydrogens (tertiary/aromatic N) is 1. The highest BCUT2D eigenvalue weighted by atomic mass is 16.5. The van der Waals surface area contributed by atoms with Crippen molar-refractivity contribution in [3.05, 3.63) is 65.2 Å². The Kier molecular flexibility index (Phi) is 4.17. The Bertz CT molecular complexity index is 656. The summed E-state index contributed by atoms with van der Waals surface area (Å²) in [6.07, 6.45) is -0.191. The van der Waals surface area contributed by atoms with E-state index in [2.05, 4.69) is 6.07 Å². The number of ketones is 1. The number of carbonyl (C=O) groups excluding carboxylic acids is 1. The molecule has 0 aliphatic carbocycles. The largest absolute Gasteiger partial charge is 0.485 e. The minimum atomic E-state index is -0.191. The summed E-state index contributed by atoms with van der Waals surface area (Å²) in [6.45, 7) is 3.40. The Morgan fingerprint density at radius 2 is 1.90 bits per heavy atom. The first-order chi connectivity index (χ1) is 9.61. The van der Waals surface area contributed by atoms with Crippen LogP contribution < -0.4 is 4.74 Å². The summed E-state index contributed by atoms with van der Waals surface area (Å²) in [7, 11) is 0. The van der Waals surface area contributed by atoms with Gasteiger partial charge in [0.05, 0.1) is 17.2 Å². The van der Waals surface area contributed by atoms with Crippen molar-refractivity contribution in [1.29, 1.82) is 5.26 Å². The lowest BCUT2D eigenvalue weighted by Gasteiger charge is -2.17. The number of hydrogen-bond acceptors (Lipinski definition) is 3. The lowest BCUT2D eigenvalue weighted by molar-refractivity contribution is 0.101. The van der Waals surface area contributed by atoms with Gasteiger partial charge in [0.1, 0.15) is 11.9 Å². The molecule has 0 spiro atoms. The van der Waals surface area contributed by atoms with Gasteiger partial charge in [-0.25, -0.2) is 0 Å². The number of nitriles is 1. The Hall–Kier alpha value is -2.60. The molecular formula is C17H15NO2. The van der Waals surface area contributed by atoms with Crippen LogP contribution >= 0.6 is 0 Å². The minimum Gasteiger partial charge on any atom is -0.485 e. The molecule has 0 aliphatic heterocycles. The Labute approximate surface area is 118 Å². The molecule has 0 N–H and O–H groups in total. The molecule has 100 valence electrons. The normalized spacial score (nSPS) is 11.4. The zero-order valence-electron chi connectivity index (χ0n) is 11.5. The molecule has 0 bridgehead atoms. The van der Waals surface area contributed by atoms with Crippen LogP contribution in [0.4, 0.5) is 0 Å². The minimum absolute atomic E-state index is 0.0789. The van der Waals surface area contributed by atoms with Gasteiger partial charge < -0.3 is 4.74 Å². The second-order valence-electron chi connectivity index (χ2n) is 4.55. The molecule has 2 rings (SSSR count). The third-order valence-corrected chi connectivity index (χ3v) is 3.06. The summed E-state index contributed by atoms with van der Waals surface area (Å²) in [6, 6.07) is 16.7. The van der Waals surface area contributed by atoms with Crippen LogP contribution in [0.25, 0.3) is 0 Å². The molecule has 3 heteroatoms. The maximum absolute atomic E-state index is 11.6. The molecule has 0 saturated carbocycles. The van der Waals surface area contributed by atoms with Crippen LogP contribution in [-0.4, -0.2) is 5.78 Å². The summed E-state index contributed by atoms with van der Waals surface area (Å²) in [5.41, 5.74) is 1.99. The van der Waals surface area contributed by atoms with Crippen molar-refractivity contribution in [2.24, 2.45) is 0 Å². The molecule has 2 aromatic rings. The van der Waals surface area contributed by atoms with E-state index in [1.807, 2.05) is 37.3 Å². The Balaban J connectivity index is 2.32. The molecule has 2 aromatic carbocycles. The fourth-order valence-corrected chi connectivity index (χ4v) is 1.96. The molecule has 0 aliphatic rings. The molecule has 1 unspecified atom stereocenters. The SMILES string of the molecule is CC(=O)c1ccc(C#N)cc1OC(C)c1ccccc1. The average Bonchev–Trinajstić information content (AvgIpc) is 2.47. The highest BCUT2D eigenvalue weighted by Crippen LogP contribution is 2.26. The zero-order chi connectivity index (χ0) is 14.5. The van der Waals surface area contributed by atoms with E-state index in [4.69, 9.17) is 10.00 Å². The molecule has 0 fully saturated rings. The highest BCUT2D eigenvalue weighted by molar-refractivity contribution is 5.97. The van der Waals surface area contributed by atoms with E-state index in [1.165, 1.54) is 6.92 Å². The van der Waals surface area contributed by atoms with Gasteiger partial charge in [-0.05, 0) is 37.6 Å². The summed E-state index contributed by atoms with van der Waals surface area (Å²) < 4.78 is 5.86. The summed E-state index contributed by atoms with van der Waals surface area (Å²) in [5.74, 6) is 0.373. The van der Waals surface area contributed by atoms with Crippen molar-refractivity contribution < 1.29 is 9.53 Å². The lowest BCUT2D eigenvalue weighted by atomic mass is 10.1. The van der Waals surface area contributed by atoms with Gasteiger partial charge in [-0.15, -0.1) is 0 Å². The second kappa shape index (κ2) is 6.03. The predicted octanol–water partition coefficient (Wildman–Crippen LogP) is 3.90. The average molecular weight is 265 g/mol. The van der Waals surface area contributed by atoms with Gasteiger partial charge in [0, 0.05) is 0 Å². The number of hydrogen-bond donors (Lipinski definition) is 0. The third-order valence-electron chi connectivity index (χ3n) is 3.06. The van der Waals surface area contributed by atoms with E-state index in [-0.39, 0.29) is 11.9 Å². The van der Waals surface area contributed by atoms with E-state index < -0.39 is 0 Å². The van der Waals surface area contributed by atoms with Crippen molar-refractivity contribution >= 4 is 5.78 Å². The predicted molar refractivity (Wildman–Crippen MR) is 76.6 cm³/mol. The molecule has 0 saturated heterocycles. The first-order valence-corrected chi connectivity index (χ1v) is 6.38. The van der Waals surface area contributed by atoms with Crippen LogP contribution in [0, 0.1) is 11.3 Å². The molecule has 0 heterocycles. The van der Waals surface area contributed by atoms with E-state index in [9.17, 15) is 4.79 Å². The number of benzene rings is 2. The first-order valence-electron chi connectivity index (χ1n) is 6.38. The van der Waals surface area contributed by atoms with Crippen LogP contribution in [0.5, 0.6) is 5.75 Å². The number of Topliss-reactive ketones (excluding diaryl/α,β-unsaturated/α-hetero) is 1. The second-order valence-corrected chi connectivity index (χ2v) is 4.55. The van der Waals surface area contributed by atoms with Gasteiger partial charge in [0.15, 0.2) is 5.78 Å². The van der Waals surface area contributed by atoms with Gasteiger partial charge in [-0.1, -0.05) is 30.3 Å². The molecule has 0 radical (unpaired) electrons. The van der Waals surface area contributed by atoms with Crippen molar-refractivity contribution in [2.45, 2.75) is 20.0 Å². The first kappa shape index (κ1) is 13.8. The highest BCUT2D eigenvalue weighted by Gasteiger charge is 2.13. The third kappa shape index (κ3) is 3.04. The summed E-state index contributed by atoms with van der Waals surface area (Å²) in [5, 5.41) is 8.95. The van der Waals surface area contributed by atoms with Crippen LogP contribution in [0.1, 0.15) is 41.4 Å². The van der Waals surface area contributed by atoms with Crippen LogP contribution in [0.3, 0.4) is 0 Å². The molecule has 3 nitrogen and oxygen atoms in total. The molecule has 1 atom stereocenters. The summed E-state index contributed by atoms with van der Waals surface area (Å²) >= 11 is 0. The number of ether oxygens (including phenoxy) is 1. The Morgan fingerprint density at radius 1 is 1.20 bits per heavy atom. The molecule has 20 heavy (non-hydrogen) atoms. The van der Waals surface area contributed by atoms with Gasteiger partial charge in [-0.3, -0.25) is 4.79 Å². The van der Waals surface area contributed by atoms with E-state index in [1.54, 1.807) is 18.2 Å². The maximum atomic E-state index is 11.6. The van der Waals surface area contributed by atoms with Gasteiger partial charge in [-0.2, -0.15) is 5.26 Å². The fourth-order valence-electron chi connectivity index (χ4n) is 1.96. The van der Waals surface area contributed by atoms with E-state index in [0.717, 1.165) is 5.56 Å². The quantitative estimate of drug-likeness (QED) is 0.788. The van der Waals surface area contributed by atoms with Gasteiger partial charge >= 0.3 is 0 Å². The van der Waals surface area contributed by atoms with Crippen LogP contribution in [0.2, 0.25) is 0 Å². The van der Waals surface area contributed by atoms with Crippen molar-refractivity contribution in [1.82, 2.24) is 0 Å². The standard InChI is InChI=1S/C17H15NO2/c1-12(19)16-9-8-14(11-18)10-17(16)20-13(2)15-6-4-3-5-7-15/h3-10,13H,1-2H3. The molecular weight excluding hydrogens is 250 g/mol. The van der Waals surface area contributed by atoms with Crippen molar-refractivity contribution in [3.8, 4) is 11.8 Å². The number of carbonyl (C=O) groups is 1. The van der Waals surface area contributed by atoms with Crippen LogP contribution in [-0.2, 0) is 0 Å². The maximum Gasteiger partial charge on any atom is 0.163 e. The number of rotatable bonds is 4. The topological polar surface area (TPSA) is 50.1 Å². The Morgan fingerprint density at radius 3 is 2.50 bits per heavy atom. The summed E-state index contributed by atoms with van der Waals surface area (Å²) in [4.78, 5) is 11.6. The zero-order valence-corrected chi connectivity index (χ0v) is 11.5.